The number of ether oxygens (including phenoxy) is 1. The Morgan fingerprint density at radius 2 is 1.94 bits per heavy atom. The van der Waals surface area contributed by atoms with Crippen molar-refractivity contribution in [2.75, 3.05) is 20.3 Å². The first-order valence-corrected chi connectivity index (χ1v) is 5.81. The maximum absolute atomic E-state index is 9.53. The number of hydrogen-bond donors (Lipinski definition) is 2. The molecule has 0 aromatic heterocycles. The Balaban J connectivity index is 0.00000256. The van der Waals surface area contributed by atoms with Gasteiger partial charge in [-0.25, -0.2) is 0 Å². The normalized spacial score (nSPS) is 9.94. The van der Waals surface area contributed by atoms with E-state index in [9.17, 15) is 5.11 Å². The predicted molar refractivity (Wildman–Crippen MR) is 72.8 cm³/mol. The van der Waals surface area contributed by atoms with Crippen LogP contribution in [0.25, 0.3) is 0 Å². The first-order valence-electron chi connectivity index (χ1n) is 5.81. The van der Waals surface area contributed by atoms with Gasteiger partial charge in [-0.1, -0.05) is 18.2 Å². The highest BCUT2D eigenvalue weighted by atomic mass is 35.5. The Morgan fingerprint density at radius 3 is 2.65 bits per heavy atom. The van der Waals surface area contributed by atoms with Gasteiger partial charge in [-0.15, -0.1) is 12.4 Å². The molecular weight excluding hydrogens is 238 g/mol. The molecule has 2 N–H and O–H groups in total. The van der Waals surface area contributed by atoms with Crippen molar-refractivity contribution in [2.45, 2.75) is 25.8 Å². The van der Waals surface area contributed by atoms with E-state index in [1.807, 2.05) is 18.2 Å². The fourth-order valence-corrected chi connectivity index (χ4v) is 1.56. The quantitative estimate of drug-likeness (QED) is 0.706. The predicted octanol–water partition coefficient (Wildman–Crippen LogP) is 2.72. The molecule has 3 nitrogen and oxygen atoms in total. The summed E-state index contributed by atoms with van der Waals surface area (Å²) in [5.74, 6) is 0.370. The highest BCUT2D eigenvalue weighted by Gasteiger charge is 1.97. The van der Waals surface area contributed by atoms with Crippen LogP contribution in [0.1, 0.15) is 24.8 Å². The molecule has 1 rings (SSSR count). The van der Waals surface area contributed by atoms with Crippen LogP contribution in [0.3, 0.4) is 0 Å². The topological polar surface area (TPSA) is 41.5 Å². The van der Waals surface area contributed by atoms with Crippen LogP contribution in [-0.4, -0.2) is 25.4 Å². The van der Waals surface area contributed by atoms with Gasteiger partial charge in [0.1, 0.15) is 5.75 Å². The van der Waals surface area contributed by atoms with Crippen LogP contribution in [0.15, 0.2) is 24.3 Å². The Morgan fingerprint density at radius 1 is 1.18 bits per heavy atom. The summed E-state index contributed by atoms with van der Waals surface area (Å²) < 4.78 is 4.98. The second-order valence-corrected chi connectivity index (χ2v) is 3.86. The summed E-state index contributed by atoms with van der Waals surface area (Å²) in [6.07, 6.45) is 3.45. The summed E-state index contributed by atoms with van der Waals surface area (Å²) in [5.41, 5.74) is 0.958. The van der Waals surface area contributed by atoms with Crippen molar-refractivity contribution >= 4 is 12.4 Å². The lowest BCUT2D eigenvalue weighted by Crippen LogP contribution is -2.14. The second kappa shape index (κ2) is 10.4. The number of phenols is 1. The van der Waals surface area contributed by atoms with Crippen LogP contribution in [-0.2, 0) is 11.3 Å². The number of halogens is 1. The Kier molecular flexibility index (Phi) is 9.92. The maximum Gasteiger partial charge on any atom is 0.120 e. The number of rotatable bonds is 8. The molecule has 0 bridgehead atoms. The van der Waals surface area contributed by atoms with Gasteiger partial charge in [-0.3, -0.25) is 0 Å². The van der Waals surface area contributed by atoms with Gasteiger partial charge in [0.05, 0.1) is 0 Å². The summed E-state index contributed by atoms with van der Waals surface area (Å²) in [6.45, 7) is 2.56. The van der Waals surface area contributed by atoms with Crippen LogP contribution in [0, 0.1) is 0 Å². The molecule has 0 amide bonds. The lowest BCUT2D eigenvalue weighted by molar-refractivity contribution is 0.192. The average Bonchev–Trinajstić information content (AvgIpc) is 2.30. The van der Waals surface area contributed by atoms with E-state index < -0.39 is 0 Å². The zero-order valence-electron chi connectivity index (χ0n) is 10.3. The van der Waals surface area contributed by atoms with Crippen molar-refractivity contribution < 1.29 is 9.84 Å². The van der Waals surface area contributed by atoms with Gasteiger partial charge in [0.25, 0.3) is 0 Å². The number of benzene rings is 1. The van der Waals surface area contributed by atoms with E-state index >= 15 is 0 Å². The smallest absolute Gasteiger partial charge is 0.120 e. The fraction of sp³-hybridized carbons (Fsp3) is 0.538. The Hall–Kier alpha value is -0.770. The van der Waals surface area contributed by atoms with Crippen LogP contribution in [0.4, 0.5) is 0 Å². The van der Waals surface area contributed by atoms with Crippen molar-refractivity contribution in [1.82, 2.24) is 5.32 Å². The molecule has 4 heteroatoms. The van der Waals surface area contributed by atoms with Crippen molar-refractivity contribution in [3.8, 4) is 5.75 Å². The molecule has 0 fully saturated rings. The molecule has 0 saturated heterocycles. The van der Waals surface area contributed by atoms with Gasteiger partial charge in [0.15, 0.2) is 0 Å². The number of methoxy groups -OCH3 is 1. The van der Waals surface area contributed by atoms with Crippen LogP contribution >= 0.6 is 12.4 Å². The van der Waals surface area contributed by atoms with Gasteiger partial charge >= 0.3 is 0 Å². The van der Waals surface area contributed by atoms with Crippen molar-refractivity contribution in [3.63, 3.8) is 0 Å². The molecular formula is C13H22ClNO2. The van der Waals surface area contributed by atoms with Gasteiger partial charge in [0.2, 0.25) is 0 Å². The van der Waals surface area contributed by atoms with Crippen molar-refractivity contribution in [3.05, 3.63) is 29.8 Å². The van der Waals surface area contributed by atoms with E-state index in [1.54, 1.807) is 13.2 Å². The standard InChI is InChI=1S/C13H21NO2.ClH/c1-16-10-6-2-5-9-14-11-12-7-3-4-8-13(12)15;/h3-4,7-8,14-15H,2,5-6,9-11H2,1H3;1H. The van der Waals surface area contributed by atoms with Crippen molar-refractivity contribution in [2.24, 2.45) is 0 Å². The van der Waals surface area contributed by atoms with Crippen LogP contribution in [0.5, 0.6) is 5.75 Å². The average molecular weight is 260 g/mol. The van der Waals surface area contributed by atoms with E-state index in [2.05, 4.69) is 5.32 Å². The van der Waals surface area contributed by atoms with Crippen LogP contribution < -0.4 is 5.32 Å². The molecule has 0 radical (unpaired) electrons. The van der Waals surface area contributed by atoms with Crippen molar-refractivity contribution in [1.29, 1.82) is 0 Å². The minimum atomic E-state index is 0. The zero-order valence-corrected chi connectivity index (χ0v) is 11.1. The first-order chi connectivity index (χ1) is 7.84. The molecule has 1 aromatic rings. The molecule has 0 unspecified atom stereocenters. The number of nitrogens with one attached hydrogen (secondary N) is 1. The van der Waals surface area contributed by atoms with Gasteiger partial charge in [-0.05, 0) is 31.9 Å². The second-order valence-electron chi connectivity index (χ2n) is 3.86. The summed E-state index contributed by atoms with van der Waals surface area (Å²) >= 11 is 0. The monoisotopic (exact) mass is 259 g/mol. The molecule has 0 aliphatic carbocycles. The largest absolute Gasteiger partial charge is 0.508 e. The number of hydrogen-bond acceptors (Lipinski definition) is 3. The van der Waals surface area contributed by atoms with Crippen LogP contribution in [0.2, 0.25) is 0 Å². The van der Waals surface area contributed by atoms with E-state index in [4.69, 9.17) is 4.74 Å². The van der Waals surface area contributed by atoms with E-state index in [1.165, 1.54) is 6.42 Å². The fourth-order valence-electron chi connectivity index (χ4n) is 1.56. The summed E-state index contributed by atoms with van der Waals surface area (Å²) in [5, 5.41) is 12.8. The Labute approximate surface area is 110 Å². The number of unbranched alkanes of at least 4 members (excludes halogenated alkanes) is 2. The SMILES string of the molecule is COCCCCCNCc1ccccc1O.Cl. The minimum absolute atomic E-state index is 0. The third-order valence-electron chi connectivity index (χ3n) is 2.51. The highest BCUT2D eigenvalue weighted by Crippen LogP contribution is 2.14. The van der Waals surface area contributed by atoms with Gasteiger partial charge in [-0.2, -0.15) is 0 Å². The van der Waals surface area contributed by atoms with E-state index in [0.29, 0.717) is 5.75 Å². The molecule has 0 spiro atoms. The molecule has 0 aliphatic heterocycles. The number of para-hydroxylation sites is 1. The van der Waals surface area contributed by atoms with E-state index in [-0.39, 0.29) is 12.4 Å². The minimum Gasteiger partial charge on any atom is -0.508 e. The number of aromatic hydroxyl groups is 1. The molecule has 0 atom stereocenters. The molecule has 17 heavy (non-hydrogen) atoms. The lowest BCUT2D eigenvalue weighted by Gasteiger charge is -2.06. The highest BCUT2D eigenvalue weighted by molar-refractivity contribution is 5.85. The molecule has 1 aromatic carbocycles. The zero-order chi connectivity index (χ0) is 11.6. The van der Waals surface area contributed by atoms with E-state index in [0.717, 1.165) is 38.1 Å². The lowest BCUT2D eigenvalue weighted by atomic mass is 10.2. The molecule has 0 heterocycles. The first kappa shape index (κ1) is 16.2. The van der Waals surface area contributed by atoms with Gasteiger partial charge < -0.3 is 15.2 Å². The third-order valence-corrected chi connectivity index (χ3v) is 2.51. The maximum atomic E-state index is 9.53. The molecule has 0 saturated carbocycles. The molecule has 98 valence electrons. The summed E-state index contributed by atoms with van der Waals surface area (Å²) in [6, 6.07) is 7.43. The third kappa shape index (κ3) is 7.21. The summed E-state index contributed by atoms with van der Waals surface area (Å²) in [4.78, 5) is 0. The molecule has 0 aliphatic rings. The summed E-state index contributed by atoms with van der Waals surface area (Å²) in [7, 11) is 1.73. The Bertz CT molecular complexity index is 295. The number of phenolic OH excluding ortho intramolecular Hbond substituents is 1. The van der Waals surface area contributed by atoms with Gasteiger partial charge in [0, 0.05) is 25.8 Å².